The van der Waals surface area contributed by atoms with Crippen molar-refractivity contribution < 1.29 is 28.6 Å². The maximum absolute atomic E-state index is 13.8. The number of nitrogens with one attached hydrogen (secondary N) is 1. The number of carbonyl (C=O) groups excluding carboxylic acids is 3. The van der Waals surface area contributed by atoms with Crippen molar-refractivity contribution in [2.24, 2.45) is 5.92 Å². The van der Waals surface area contributed by atoms with Gasteiger partial charge in [0.05, 0.1) is 12.5 Å². The SMILES string of the molecule is O=C(COC(=O)C1CC(O)CN1C(=O)Cc1ccccc1F)NCC1CCCCC1. The molecule has 3 rings (SSSR count). The Hall–Kier alpha value is -2.48. The molecule has 0 radical (unpaired) electrons. The topological polar surface area (TPSA) is 95.9 Å². The number of hydrogen-bond acceptors (Lipinski definition) is 5. The third kappa shape index (κ3) is 6.01. The number of carbonyl (C=O) groups is 3. The third-order valence-corrected chi connectivity index (χ3v) is 5.83. The van der Waals surface area contributed by atoms with Gasteiger partial charge in [0.25, 0.3) is 5.91 Å². The fourth-order valence-corrected chi connectivity index (χ4v) is 4.15. The summed E-state index contributed by atoms with van der Waals surface area (Å²) in [5.74, 6) is -1.62. The van der Waals surface area contributed by atoms with Gasteiger partial charge in [0.15, 0.2) is 6.61 Å². The predicted octanol–water partition coefficient (Wildman–Crippen LogP) is 1.57. The number of rotatable bonds is 7. The second kappa shape index (κ2) is 10.5. The molecule has 0 spiro atoms. The van der Waals surface area contributed by atoms with Crippen molar-refractivity contribution in [3.63, 3.8) is 0 Å². The summed E-state index contributed by atoms with van der Waals surface area (Å²) in [7, 11) is 0. The molecule has 164 valence electrons. The Bertz CT molecular complexity index is 766. The van der Waals surface area contributed by atoms with Crippen LogP contribution in [0.1, 0.15) is 44.1 Å². The molecule has 1 aliphatic heterocycles. The molecule has 0 aromatic heterocycles. The summed E-state index contributed by atoms with van der Waals surface area (Å²) in [5.41, 5.74) is 0.220. The Balaban J connectivity index is 1.48. The van der Waals surface area contributed by atoms with Gasteiger partial charge in [-0.3, -0.25) is 9.59 Å². The smallest absolute Gasteiger partial charge is 0.329 e. The largest absolute Gasteiger partial charge is 0.454 e. The number of halogens is 1. The van der Waals surface area contributed by atoms with Crippen LogP contribution in [-0.2, 0) is 25.5 Å². The van der Waals surface area contributed by atoms with Gasteiger partial charge in [0.2, 0.25) is 5.91 Å². The average molecular weight is 420 g/mol. The van der Waals surface area contributed by atoms with E-state index in [9.17, 15) is 23.9 Å². The molecule has 7 nitrogen and oxygen atoms in total. The van der Waals surface area contributed by atoms with E-state index in [1.807, 2.05) is 0 Å². The van der Waals surface area contributed by atoms with Crippen LogP contribution in [0.3, 0.4) is 0 Å². The van der Waals surface area contributed by atoms with E-state index in [-0.39, 0.29) is 30.9 Å². The standard InChI is InChI=1S/C22H29FN2O5/c23-18-9-5-4-8-16(18)10-21(28)25-13-17(26)11-19(25)22(29)30-14-20(27)24-12-15-6-2-1-3-7-15/h4-5,8-9,15,17,19,26H,1-3,6-7,10-14H2,(H,24,27). The van der Waals surface area contributed by atoms with E-state index < -0.39 is 36.4 Å². The van der Waals surface area contributed by atoms with E-state index in [2.05, 4.69) is 5.32 Å². The number of aliphatic hydroxyl groups is 1. The lowest BCUT2D eigenvalue weighted by molar-refractivity contribution is -0.156. The molecule has 2 unspecified atom stereocenters. The average Bonchev–Trinajstić information content (AvgIpc) is 3.15. The number of benzene rings is 1. The molecule has 2 fully saturated rings. The molecule has 30 heavy (non-hydrogen) atoms. The Morgan fingerprint density at radius 2 is 1.90 bits per heavy atom. The zero-order valence-electron chi connectivity index (χ0n) is 17.0. The van der Waals surface area contributed by atoms with Crippen LogP contribution in [0.2, 0.25) is 0 Å². The van der Waals surface area contributed by atoms with Crippen molar-refractivity contribution in [1.82, 2.24) is 10.2 Å². The van der Waals surface area contributed by atoms with E-state index in [0.717, 1.165) is 12.8 Å². The van der Waals surface area contributed by atoms with Gasteiger partial charge in [-0.15, -0.1) is 0 Å². The lowest BCUT2D eigenvalue weighted by atomic mass is 9.89. The summed E-state index contributed by atoms with van der Waals surface area (Å²) in [6, 6.07) is 4.94. The monoisotopic (exact) mass is 420 g/mol. The number of ether oxygens (including phenoxy) is 1. The van der Waals surface area contributed by atoms with Crippen LogP contribution in [0.15, 0.2) is 24.3 Å². The molecule has 2 amide bonds. The summed E-state index contributed by atoms with van der Waals surface area (Å²) in [6.45, 7) is 0.125. The molecule has 0 bridgehead atoms. The van der Waals surface area contributed by atoms with E-state index in [0.29, 0.717) is 12.5 Å². The first kappa shape index (κ1) is 22.2. The van der Waals surface area contributed by atoms with Crippen LogP contribution < -0.4 is 5.32 Å². The van der Waals surface area contributed by atoms with Gasteiger partial charge in [-0.25, -0.2) is 9.18 Å². The highest BCUT2D eigenvalue weighted by molar-refractivity contribution is 5.88. The minimum Gasteiger partial charge on any atom is -0.454 e. The van der Waals surface area contributed by atoms with Crippen LogP contribution in [0.4, 0.5) is 4.39 Å². The Labute approximate surface area is 175 Å². The molecule has 2 N–H and O–H groups in total. The number of esters is 1. The first-order chi connectivity index (χ1) is 14.4. The molecular formula is C22H29FN2O5. The molecule has 8 heteroatoms. The second-order valence-electron chi connectivity index (χ2n) is 8.14. The highest BCUT2D eigenvalue weighted by atomic mass is 19.1. The van der Waals surface area contributed by atoms with Crippen molar-refractivity contribution in [2.45, 2.75) is 57.1 Å². The van der Waals surface area contributed by atoms with Gasteiger partial charge in [0.1, 0.15) is 11.9 Å². The predicted molar refractivity (Wildman–Crippen MR) is 107 cm³/mol. The van der Waals surface area contributed by atoms with E-state index in [1.165, 1.54) is 42.4 Å². The molecule has 1 aliphatic carbocycles. The Kier molecular flexibility index (Phi) is 7.79. The van der Waals surface area contributed by atoms with Crippen molar-refractivity contribution >= 4 is 17.8 Å². The summed E-state index contributed by atoms with van der Waals surface area (Å²) in [4.78, 5) is 38.3. The first-order valence-electron chi connectivity index (χ1n) is 10.6. The molecular weight excluding hydrogens is 391 g/mol. The summed E-state index contributed by atoms with van der Waals surface area (Å²) < 4.78 is 18.9. The van der Waals surface area contributed by atoms with Gasteiger partial charge in [0, 0.05) is 19.5 Å². The number of β-amino-alcohol motifs (C(OH)–C–C–N with tert-alkyl or cyclic N) is 1. The van der Waals surface area contributed by atoms with Crippen molar-refractivity contribution in [1.29, 1.82) is 0 Å². The molecule has 1 heterocycles. The number of amides is 2. The maximum Gasteiger partial charge on any atom is 0.329 e. The number of likely N-dealkylation sites (tertiary alicyclic amines) is 1. The number of nitrogens with zero attached hydrogens (tertiary/aromatic N) is 1. The first-order valence-corrected chi connectivity index (χ1v) is 10.6. The normalized spacial score (nSPS) is 22.0. The highest BCUT2D eigenvalue weighted by Crippen LogP contribution is 2.23. The molecule has 1 saturated carbocycles. The number of aliphatic hydroxyl groups excluding tert-OH is 1. The van der Waals surface area contributed by atoms with Gasteiger partial charge >= 0.3 is 5.97 Å². The van der Waals surface area contributed by atoms with E-state index >= 15 is 0 Å². The van der Waals surface area contributed by atoms with Crippen LogP contribution in [0.25, 0.3) is 0 Å². The zero-order valence-corrected chi connectivity index (χ0v) is 17.0. The van der Waals surface area contributed by atoms with Gasteiger partial charge < -0.3 is 20.1 Å². The quantitative estimate of drug-likeness (QED) is 0.653. The van der Waals surface area contributed by atoms with Gasteiger partial charge in [-0.1, -0.05) is 37.5 Å². The Morgan fingerprint density at radius 1 is 1.17 bits per heavy atom. The molecule has 2 aliphatic rings. The van der Waals surface area contributed by atoms with Crippen molar-refractivity contribution in [2.75, 3.05) is 19.7 Å². The minimum atomic E-state index is -0.981. The highest BCUT2D eigenvalue weighted by Gasteiger charge is 2.40. The number of hydrogen-bond donors (Lipinski definition) is 2. The molecule has 2 atom stereocenters. The third-order valence-electron chi connectivity index (χ3n) is 5.83. The zero-order chi connectivity index (χ0) is 21.5. The lowest BCUT2D eigenvalue weighted by Gasteiger charge is -2.23. The molecule has 1 saturated heterocycles. The fraction of sp³-hybridized carbons (Fsp3) is 0.591. The second-order valence-corrected chi connectivity index (χ2v) is 8.14. The van der Waals surface area contributed by atoms with Gasteiger partial charge in [-0.2, -0.15) is 0 Å². The minimum absolute atomic E-state index is 0.0269. The van der Waals surface area contributed by atoms with Crippen LogP contribution in [0.5, 0.6) is 0 Å². The van der Waals surface area contributed by atoms with Gasteiger partial charge in [-0.05, 0) is 30.4 Å². The summed E-state index contributed by atoms with van der Waals surface area (Å²) >= 11 is 0. The molecule has 1 aromatic carbocycles. The summed E-state index contributed by atoms with van der Waals surface area (Å²) in [5, 5.41) is 12.7. The Morgan fingerprint density at radius 3 is 2.63 bits per heavy atom. The van der Waals surface area contributed by atoms with Crippen LogP contribution in [-0.4, -0.2) is 59.6 Å². The molecule has 1 aromatic rings. The van der Waals surface area contributed by atoms with Crippen LogP contribution in [0, 0.1) is 11.7 Å². The van der Waals surface area contributed by atoms with E-state index in [1.54, 1.807) is 6.07 Å². The lowest BCUT2D eigenvalue weighted by Crippen LogP contribution is -2.43. The fourth-order valence-electron chi connectivity index (χ4n) is 4.15. The maximum atomic E-state index is 13.8. The summed E-state index contributed by atoms with van der Waals surface area (Å²) in [6.07, 6.45) is 4.73. The van der Waals surface area contributed by atoms with E-state index in [4.69, 9.17) is 4.74 Å². The van der Waals surface area contributed by atoms with Crippen LogP contribution >= 0.6 is 0 Å². The van der Waals surface area contributed by atoms with Crippen molar-refractivity contribution in [3.8, 4) is 0 Å². The van der Waals surface area contributed by atoms with Crippen molar-refractivity contribution in [3.05, 3.63) is 35.6 Å².